The molecule has 2 heterocycles. The standard InChI is InChI=1S/C11H19NO3/c1-2-12(8-9-4-3-6-14-9)10-5-7-15-11(10)13/h9-10H,2-8H2,1H3/t9-,10-/m1/s1. The van der Waals surface area contributed by atoms with Gasteiger partial charge in [0.2, 0.25) is 0 Å². The summed E-state index contributed by atoms with van der Waals surface area (Å²) in [5, 5.41) is 0. The molecule has 0 bridgehead atoms. The van der Waals surface area contributed by atoms with Crippen LogP contribution in [-0.2, 0) is 14.3 Å². The van der Waals surface area contributed by atoms with Crippen molar-refractivity contribution in [1.29, 1.82) is 0 Å². The lowest BCUT2D eigenvalue weighted by molar-refractivity contribution is -0.142. The average molecular weight is 213 g/mol. The van der Waals surface area contributed by atoms with E-state index in [-0.39, 0.29) is 12.0 Å². The molecule has 15 heavy (non-hydrogen) atoms. The summed E-state index contributed by atoms with van der Waals surface area (Å²) in [5.41, 5.74) is 0. The van der Waals surface area contributed by atoms with Crippen LogP contribution in [0, 0.1) is 0 Å². The Hall–Kier alpha value is -0.610. The quantitative estimate of drug-likeness (QED) is 0.648. The molecule has 0 unspecified atom stereocenters. The van der Waals surface area contributed by atoms with Crippen LogP contribution in [0.15, 0.2) is 0 Å². The maximum atomic E-state index is 11.4. The molecule has 2 aliphatic rings. The van der Waals surface area contributed by atoms with Gasteiger partial charge in [-0.3, -0.25) is 9.69 Å². The van der Waals surface area contributed by atoms with Crippen LogP contribution in [0.3, 0.4) is 0 Å². The molecule has 4 nitrogen and oxygen atoms in total. The first kappa shape index (κ1) is 10.9. The summed E-state index contributed by atoms with van der Waals surface area (Å²) in [6, 6.07) is -0.0285. The van der Waals surface area contributed by atoms with Crippen LogP contribution >= 0.6 is 0 Å². The molecule has 2 aliphatic heterocycles. The van der Waals surface area contributed by atoms with E-state index in [0.29, 0.717) is 12.7 Å². The molecule has 86 valence electrons. The van der Waals surface area contributed by atoms with Gasteiger partial charge in [0.15, 0.2) is 0 Å². The van der Waals surface area contributed by atoms with Crippen molar-refractivity contribution >= 4 is 5.97 Å². The third-order valence-electron chi connectivity index (χ3n) is 3.22. The largest absolute Gasteiger partial charge is 0.464 e. The first-order valence-electron chi connectivity index (χ1n) is 5.83. The number of hydrogen-bond acceptors (Lipinski definition) is 4. The highest BCUT2D eigenvalue weighted by Crippen LogP contribution is 2.18. The van der Waals surface area contributed by atoms with Crippen molar-refractivity contribution in [2.45, 2.75) is 38.3 Å². The van der Waals surface area contributed by atoms with Crippen molar-refractivity contribution in [2.24, 2.45) is 0 Å². The van der Waals surface area contributed by atoms with Gasteiger partial charge in [0.05, 0.1) is 12.7 Å². The van der Waals surface area contributed by atoms with E-state index < -0.39 is 0 Å². The molecule has 2 saturated heterocycles. The molecule has 2 fully saturated rings. The SMILES string of the molecule is CCN(C[C@H]1CCCO1)[C@@H]1CCOC1=O. The molecule has 4 heteroatoms. The molecular formula is C11H19NO3. The Morgan fingerprint density at radius 2 is 2.27 bits per heavy atom. The zero-order chi connectivity index (χ0) is 10.7. The van der Waals surface area contributed by atoms with Gasteiger partial charge < -0.3 is 9.47 Å². The molecule has 2 rings (SSSR count). The van der Waals surface area contributed by atoms with Gasteiger partial charge in [0.25, 0.3) is 0 Å². The molecule has 0 spiro atoms. The van der Waals surface area contributed by atoms with Gasteiger partial charge in [-0.1, -0.05) is 6.92 Å². The van der Waals surface area contributed by atoms with Crippen LogP contribution in [0.1, 0.15) is 26.2 Å². The van der Waals surface area contributed by atoms with E-state index >= 15 is 0 Å². The minimum Gasteiger partial charge on any atom is -0.464 e. The van der Waals surface area contributed by atoms with E-state index in [1.807, 2.05) is 0 Å². The highest BCUT2D eigenvalue weighted by atomic mass is 16.5. The lowest BCUT2D eigenvalue weighted by Gasteiger charge is -2.26. The molecule has 0 aromatic carbocycles. The second kappa shape index (κ2) is 4.94. The fourth-order valence-corrected chi connectivity index (χ4v) is 2.34. The number of likely N-dealkylation sites (N-methyl/N-ethyl adjacent to an activating group) is 1. The van der Waals surface area contributed by atoms with Gasteiger partial charge in [-0.25, -0.2) is 0 Å². The summed E-state index contributed by atoms with van der Waals surface area (Å²) in [5.74, 6) is -0.0603. The first-order chi connectivity index (χ1) is 7.31. The van der Waals surface area contributed by atoms with E-state index in [2.05, 4.69) is 11.8 Å². The number of ether oxygens (including phenoxy) is 2. The van der Waals surface area contributed by atoms with Crippen LogP contribution in [0.4, 0.5) is 0 Å². The highest BCUT2D eigenvalue weighted by Gasteiger charge is 2.33. The summed E-state index contributed by atoms with van der Waals surface area (Å²) in [6.07, 6.45) is 3.42. The summed E-state index contributed by atoms with van der Waals surface area (Å²) in [6.45, 7) is 5.29. The Balaban J connectivity index is 1.88. The van der Waals surface area contributed by atoms with Crippen LogP contribution in [0.2, 0.25) is 0 Å². The summed E-state index contributed by atoms with van der Waals surface area (Å²) >= 11 is 0. The number of cyclic esters (lactones) is 1. The maximum absolute atomic E-state index is 11.4. The second-order valence-corrected chi connectivity index (χ2v) is 4.19. The molecule has 0 aromatic rings. The smallest absolute Gasteiger partial charge is 0.323 e. The Morgan fingerprint density at radius 1 is 1.40 bits per heavy atom. The molecule has 0 aliphatic carbocycles. The van der Waals surface area contributed by atoms with Gasteiger partial charge in [0, 0.05) is 19.6 Å². The fraction of sp³-hybridized carbons (Fsp3) is 0.909. The Morgan fingerprint density at radius 3 is 2.80 bits per heavy atom. The number of nitrogens with zero attached hydrogens (tertiary/aromatic N) is 1. The van der Waals surface area contributed by atoms with E-state index in [1.165, 1.54) is 0 Å². The topological polar surface area (TPSA) is 38.8 Å². The van der Waals surface area contributed by atoms with Crippen molar-refractivity contribution in [2.75, 3.05) is 26.3 Å². The Labute approximate surface area is 90.5 Å². The monoisotopic (exact) mass is 213 g/mol. The van der Waals surface area contributed by atoms with Crippen LogP contribution in [0.5, 0.6) is 0 Å². The Kier molecular flexibility index (Phi) is 3.59. The normalized spacial score (nSPS) is 31.2. The zero-order valence-corrected chi connectivity index (χ0v) is 9.28. The number of hydrogen-bond donors (Lipinski definition) is 0. The molecule has 2 atom stereocenters. The van der Waals surface area contributed by atoms with Crippen LogP contribution < -0.4 is 0 Å². The third-order valence-corrected chi connectivity index (χ3v) is 3.22. The summed E-state index contributed by atoms with van der Waals surface area (Å²) in [7, 11) is 0. The average Bonchev–Trinajstić information content (AvgIpc) is 2.85. The fourth-order valence-electron chi connectivity index (χ4n) is 2.34. The Bertz CT molecular complexity index is 226. The van der Waals surface area contributed by atoms with Gasteiger partial charge in [0.1, 0.15) is 6.04 Å². The van der Waals surface area contributed by atoms with Gasteiger partial charge in [-0.15, -0.1) is 0 Å². The van der Waals surface area contributed by atoms with E-state index in [0.717, 1.165) is 39.0 Å². The molecule has 0 saturated carbocycles. The van der Waals surface area contributed by atoms with E-state index in [4.69, 9.17) is 9.47 Å². The van der Waals surface area contributed by atoms with Crippen molar-refractivity contribution < 1.29 is 14.3 Å². The molecule has 0 N–H and O–H groups in total. The number of carbonyl (C=O) groups is 1. The van der Waals surface area contributed by atoms with Gasteiger partial charge >= 0.3 is 5.97 Å². The molecule has 0 amide bonds. The number of esters is 1. The first-order valence-corrected chi connectivity index (χ1v) is 5.83. The van der Waals surface area contributed by atoms with Crippen molar-refractivity contribution in [3.8, 4) is 0 Å². The van der Waals surface area contributed by atoms with Crippen molar-refractivity contribution in [3.05, 3.63) is 0 Å². The van der Waals surface area contributed by atoms with Crippen LogP contribution in [0.25, 0.3) is 0 Å². The van der Waals surface area contributed by atoms with Crippen molar-refractivity contribution in [1.82, 2.24) is 4.90 Å². The predicted octanol–water partition coefficient (Wildman–Crippen LogP) is 0.803. The van der Waals surface area contributed by atoms with Crippen LogP contribution in [-0.4, -0.2) is 49.3 Å². The van der Waals surface area contributed by atoms with E-state index in [9.17, 15) is 4.79 Å². The predicted molar refractivity (Wildman–Crippen MR) is 55.6 cm³/mol. The summed E-state index contributed by atoms with van der Waals surface area (Å²) in [4.78, 5) is 13.6. The lowest BCUT2D eigenvalue weighted by atomic mass is 10.1. The number of rotatable bonds is 4. The van der Waals surface area contributed by atoms with Gasteiger partial charge in [-0.2, -0.15) is 0 Å². The summed E-state index contributed by atoms with van der Waals surface area (Å²) < 4.78 is 10.6. The third kappa shape index (κ3) is 2.49. The highest BCUT2D eigenvalue weighted by molar-refractivity contribution is 5.77. The lowest BCUT2D eigenvalue weighted by Crippen LogP contribution is -2.42. The molecule has 0 aromatic heterocycles. The number of carbonyl (C=O) groups excluding carboxylic acids is 1. The molecular weight excluding hydrogens is 194 g/mol. The minimum atomic E-state index is -0.0603. The van der Waals surface area contributed by atoms with E-state index in [1.54, 1.807) is 0 Å². The van der Waals surface area contributed by atoms with Gasteiger partial charge in [-0.05, 0) is 19.4 Å². The molecule has 0 radical (unpaired) electrons. The zero-order valence-electron chi connectivity index (χ0n) is 9.28. The second-order valence-electron chi connectivity index (χ2n) is 4.19. The minimum absolute atomic E-state index is 0.0285. The maximum Gasteiger partial charge on any atom is 0.323 e. The van der Waals surface area contributed by atoms with Crippen molar-refractivity contribution in [3.63, 3.8) is 0 Å².